The molecule has 3 N–H and O–H groups in total. The number of nitrogens with one attached hydrogen (secondary N) is 3. The molecule has 0 heterocycles. The van der Waals surface area contributed by atoms with Gasteiger partial charge in [0.25, 0.3) is 5.91 Å². The smallest absolute Gasteiger partial charge is 0.251 e. The Morgan fingerprint density at radius 1 is 0.933 bits per heavy atom. The average Bonchev–Trinajstić information content (AvgIpc) is 2.71. The van der Waals surface area contributed by atoms with Crippen LogP contribution in [0, 0.1) is 6.92 Å². The zero-order valence-electron chi connectivity index (χ0n) is 16.9. The van der Waals surface area contributed by atoms with Crippen LogP contribution in [0.25, 0.3) is 0 Å². The van der Waals surface area contributed by atoms with Gasteiger partial charge in [-0.2, -0.15) is 0 Å². The highest BCUT2D eigenvalue weighted by Crippen LogP contribution is 2.24. The summed E-state index contributed by atoms with van der Waals surface area (Å²) in [6, 6.07) is 10.3. The van der Waals surface area contributed by atoms with E-state index in [0.717, 1.165) is 5.56 Å². The van der Waals surface area contributed by atoms with Crippen molar-refractivity contribution < 1.29 is 26.4 Å². The lowest BCUT2D eigenvalue weighted by atomic mass is 10.2. The predicted molar refractivity (Wildman–Crippen MR) is 113 cm³/mol. The number of sulfonamides is 2. The van der Waals surface area contributed by atoms with E-state index in [1.807, 2.05) is 6.92 Å². The Balaban J connectivity index is 2.08. The minimum atomic E-state index is -4.05. The molecule has 0 saturated heterocycles. The standard InChI is InChI=1S/C19H25N3O6S2/c1-4-20-19(23)15-7-10-17(28-3)18(13-15)30(26,27)22-12-11-21-29(24,25)16-8-5-14(2)6-9-16/h5-10,13,21-22H,4,11-12H2,1-3H3,(H,20,23). The summed E-state index contributed by atoms with van der Waals surface area (Å²) in [6.45, 7) is 3.63. The van der Waals surface area contributed by atoms with Crippen LogP contribution in [-0.2, 0) is 20.0 Å². The largest absolute Gasteiger partial charge is 0.495 e. The third kappa shape index (κ3) is 6.02. The lowest BCUT2D eigenvalue weighted by Crippen LogP contribution is -2.35. The summed E-state index contributed by atoms with van der Waals surface area (Å²) in [6.07, 6.45) is 0. The van der Waals surface area contributed by atoms with Crippen LogP contribution in [0.2, 0.25) is 0 Å². The second-order valence-electron chi connectivity index (χ2n) is 6.33. The average molecular weight is 456 g/mol. The van der Waals surface area contributed by atoms with Gasteiger partial charge in [0.2, 0.25) is 20.0 Å². The Labute approximate surface area is 176 Å². The number of amides is 1. The van der Waals surface area contributed by atoms with Crippen molar-refractivity contribution in [3.05, 3.63) is 53.6 Å². The van der Waals surface area contributed by atoms with Crippen molar-refractivity contribution in [1.82, 2.24) is 14.8 Å². The molecule has 11 heteroatoms. The molecule has 0 unspecified atom stereocenters. The van der Waals surface area contributed by atoms with Crippen molar-refractivity contribution in [3.8, 4) is 5.75 Å². The number of ether oxygens (including phenoxy) is 1. The number of hydrogen-bond acceptors (Lipinski definition) is 6. The first-order chi connectivity index (χ1) is 14.1. The number of hydrogen-bond donors (Lipinski definition) is 3. The Hall–Kier alpha value is -2.47. The van der Waals surface area contributed by atoms with Crippen molar-refractivity contribution >= 4 is 26.0 Å². The maximum atomic E-state index is 12.7. The first-order valence-corrected chi connectivity index (χ1v) is 12.1. The van der Waals surface area contributed by atoms with E-state index in [2.05, 4.69) is 14.8 Å². The molecule has 0 aliphatic heterocycles. The Morgan fingerprint density at radius 3 is 2.10 bits per heavy atom. The van der Waals surface area contributed by atoms with Gasteiger partial charge >= 0.3 is 0 Å². The van der Waals surface area contributed by atoms with Crippen LogP contribution < -0.4 is 19.5 Å². The van der Waals surface area contributed by atoms with Gasteiger partial charge in [0.1, 0.15) is 10.6 Å². The van der Waals surface area contributed by atoms with Gasteiger partial charge in [-0.05, 0) is 44.2 Å². The third-order valence-corrected chi connectivity index (χ3v) is 7.05. The molecule has 0 aromatic heterocycles. The number of methoxy groups -OCH3 is 1. The minimum absolute atomic E-state index is 0.0655. The van der Waals surface area contributed by atoms with Gasteiger partial charge < -0.3 is 10.1 Å². The highest BCUT2D eigenvalue weighted by atomic mass is 32.2. The summed E-state index contributed by atoms with van der Waals surface area (Å²) in [5.41, 5.74) is 1.09. The molecule has 0 spiro atoms. The molecule has 0 saturated carbocycles. The van der Waals surface area contributed by atoms with Crippen LogP contribution in [0.15, 0.2) is 52.3 Å². The molecule has 164 valence electrons. The van der Waals surface area contributed by atoms with E-state index in [9.17, 15) is 21.6 Å². The van der Waals surface area contributed by atoms with Gasteiger partial charge in [-0.25, -0.2) is 26.3 Å². The van der Waals surface area contributed by atoms with Gasteiger partial charge in [-0.15, -0.1) is 0 Å². The van der Waals surface area contributed by atoms with Crippen LogP contribution in [0.3, 0.4) is 0 Å². The first-order valence-electron chi connectivity index (χ1n) is 9.13. The maximum absolute atomic E-state index is 12.7. The molecular weight excluding hydrogens is 430 g/mol. The quantitative estimate of drug-likeness (QED) is 0.458. The van der Waals surface area contributed by atoms with E-state index < -0.39 is 26.0 Å². The molecule has 0 bridgehead atoms. The van der Waals surface area contributed by atoms with E-state index in [1.165, 1.54) is 37.4 Å². The number of carbonyl (C=O) groups is 1. The maximum Gasteiger partial charge on any atom is 0.251 e. The van der Waals surface area contributed by atoms with Crippen molar-refractivity contribution in [2.75, 3.05) is 26.7 Å². The molecule has 30 heavy (non-hydrogen) atoms. The van der Waals surface area contributed by atoms with E-state index >= 15 is 0 Å². The summed E-state index contributed by atoms with van der Waals surface area (Å²) in [4.78, 5) is 11.9. The molecule has 2 aromatic carbocycles. The molecule has 0 aliphatic rings. The van der Waals surface area contributed by atoms with Crippen LogP contribution in [0.5, 0.6) is 5.75 Å². The Morgan fingerprint density at radius 2 is 1.53 bits per heavy atom. The fourth-order valence-corrected chi connectivity index (χ4v) is 4.80. The third-order valence-electron chi connectivity index (χ3n) is 4.09. The van der Waals surface area contributed by atoms with Crippen LogP contribution in [0.4, 0.5) is 0 Å². The SMILES string of the molecule is CCNC(=O)c1ccc(OC)c(S(=O)(=O)NCCNS(=O)(=O)c2ccc(C)cc2)c1. The topological polar surface area (TPSA) is 131 Å². The second-order valence-corrected chi connectivity index (χ2v) is 9.84. The molecule has 0 aliphatic carbocycles. The molecule has 0 fully saturated rings. The highest BCUT2D eigenvalue weighted by Gasteiger charge is 2.22. The fourth-order valence-electron chi connectivity index (χ4n) is 2.54. The van der Waals surface area contributed by atoms with Crippen LogP contribution >= 0.6 is 0 Å². The molecular formula is C19H25N3O6S2. The highest BCUT2D eigenvalue weighted by molar-refractivity contribution is 7.90. The van der Waals surface area contributed by atoms with E-state index in [-0.39, 0.29) is 34.2 Å². The molecule has 0 atom stereocenters. The molecule has 0 radical (unpaired) electrons. The zero-order valence-corrected chi connectivity index (χ0v) is 18.6. The summed E-state index contributed by atoms with van der Waals surface area (Å²) in [7, 11) is -6.50. The Kier molecular flexibility index (Phi) is 7.96. The number of rotatable bonds is 10. The molecule has 1 amide bonds. The summed E-state index contributed by atoms with van der Waals surface area (Å²) >= 11 is 0. The summed E-state index contributed by atoms with van der Waals surface area (Å²) in [5.74, 6) is -0.349. The number of carbonyl (C=O) groups excluding carboxylic acids is 1. The minimum Gasteiger partial charge on any atom is -0.495 e. The molecule has 2 rings (SSSR count). The van der Waals surface area contributed by atoms with Gasteiger partial charge in [0, 0.05) is 25.2 Å². The van der Waals surface area contributed by atoms with Gasteiger partial charge in [0.05, 0.1) is 12.0 Å². The number of benzene rings is 2. The zero-order chi connectivity index (χ0) is 22.4. The second kappa shape index (κ2) is 10.0. The van der Waals surface area contributed by atoms with E-state index in [1.54, 1.807) is 19.1 Å². The first kappa shape index (κ1) is 23.8. The van der Waals surface area contributed by atoms with Crippen molar-refractivity contribution in [1.29, 1.82) is 0 Å². The normalized spacial score (nSPS) is 11.8. The van der Waals surface area contributed by atoms with E-state index in [4.69, 9.17) is 4.74 Å². The van der Waals surface area contributed by atoms with Crippen LogP contribution in [-0.4, -0.2) is 49.5 Å². The Bertz CT molecular complexity index is 1100. The van der Waals surface area contributed by atoms with Gasteiger partial charge in [-0.1, -0.05) is 17.7 Å². The van der Waals surface area contributed by atoms with Crippen LogP contribution in [0.1, 0.15) is 22.8 Å². The molecule has 2 aromatic rings. The summed E-state index contributed by atoms with van der Waals surface area (Å²) < 4.78 is 59.6. The molecule has 9 nitrogen and oxygen atoms in total. The van der Waals surface area contributed by atoms with E-state index in [0.29, 0.717) is 6.54 Å². The van der Waals surface area contributed by atoms with Gasteiger partial charge in [0.15, 0.2) is 0 Å². The summed E-state index contributed by atoms with van der Waals surface area (Å²) in [5, 5.41) is 2.59. The van der Waals surface area contributed by atoms with Crippen molar-refractivity contribution in [2.45, 2.75) is 23.6 Å². The van der Waals surface area contributed by atoms with Gasteiger partial charge in [-0.3, -0.25) is 4.79 Å². The lowest BCUT2D eigenvalue weighted by molar-refractivity contribution is 0.0955. The predicted octanol–water partition coefficient (Wildman–Crippen LogP) is 1.01. The fraction of sp³-hybridized carbons (Fsp3) is 0.316. The van der Waals surface area contributed by atoms with Crippen molar-refractivity contribution in [3.63, 3.8) is 0 Å². The number of aryl methyl sites for hydroxylation is 1. The lowest BCUT2D eigenvalue weighted by Gasteiger charge is -2.13. The van der Waals surface area contributed by atoms with Crippen molar-refractivity contribution in [2.24, 2.45) is 0 Å². The monoisotopic (exact) mass is 455 g/mol.